The van der Waals surface area contributed by atoms with Crippen LogP contribution in [0.1, 0.15) is 12.0 Å². The first-order valence-corrected chi connectivity index (χ1v) is 5.43. The molecule has 0 aliphatic rings. The van der Waals surface area contributed by atoms with Gasteiger partial charge in [0.15, 0.2) is 0 Å². The molecule has 1 aromatic heterocycles. The molecule has 0 bridgehead atoms. The van der Waals surface area contributed by atoms with Crippen LogP contribution in [0.15, 0.2) is 22.4 Å². The highest BCUT2D eigenvalue weighted by molar-refractivity contribution is 7.83. The molecule has 2 aromatic rings. The number of thiophene rings is 1. The lowest BCUT2D eigenvalue weighted by Gasteiger charge is -1.98. The average molecular weight is 251 g/mol. The molecule has 0 nitrogen and oxygen atoms in total. The molecule has 1 aromatic carbocycles. The Morgan fingerprint density at radius 3 is 2.71 bits per heavy atom. The van der Waals surface area contributed by atoms with Crippen molar-refractivity contribution in [2.24, 2.45) is 0 Å². The van der Waals surface area contributed by atoms with E-state index >= 15 is 0 Å². The molecular formula is C9H5ClF2S2. The van der Waals surface area contributed by atoms with Gasteiger partial charge in [-0.3, -0.25) is 0 Å². The first-order valence-electron chi connectivity index (χ1n) is 3.78. The van der Waals surface area contributed by atoms with E-state index in [9.17, 15) is 8.78 Å². The van der Waals surface area contributed by atoms with E-state index in [1.54, 1.807) is 6.07 Å². The minimum atomic E-state index is -2.46. The number of hydrogen-bond donors (Lipinski definition) is 1. The summed E-state index contributed by atoms with van der Waals surface area (Å²) in [6.45, 7) is 0. The minimum Gasteiger partial charge on any atom is -0.205 e. The molecule has 0 amide bonds. The van der Waals surface area contributed by atoms with Crippen LogP contribution in [0.2, 0.25) is 5.02 Å². The number of fused-ring (bicyclic) bond motifs is 1. The zero-order valence-electron chi connectivity index (χ0n) is 6.80. The van der Waals surface area contributed by atoms with Crippen molar-refractivity contribution < 1.29 is 8.78 Å². The molecule has 0 saturated heterocycles. The Bertz CT molecular complexity index is 479. The molecule has 0 radical (unpaired) electrons. The maximum atomic E-state index is 12.4. The number of hydrogen-bond acceptors (Lipinski definition) is 2. The molecule has 0 N–H and O–H groups in total. The van der Waals surface area contributed by atoms with E-state index in [1.165, 1.54) is 23.5 Å². The molecule has 0 unspecified atom stereocenters. The fourth-order valence-electron chi connectivity index (χ4n) is 1.21. The molecule has 2 rings (SSSR count). The van der Waals surface area contributed by atoms with Gasteiger partial charge in [-0.2, -0.15) is 0 Å². The van der Waals surface area contributed by atoms with Gasteiger partial charge in [-0.1, -0.05) is 17.7 Å². The normalized spacial score (nSPS) is 11.5. The first kappa shape index (κ1) is 10.2. The van der Waals surface area contributed by atoms with Gasteiger partial charge in [0.2, 0.25) is 0 Å². The Morgan fingerprint density at radius 1 is 1.36 bits per heavy atom. The smallest absolute Gasteiger partial charge is 0.205 e. The molecule has 1 heterocycles. The SMILES string of the molecule is FC(F)c1ccc2sc(S)c(Cl)c2c1. The molecule has 0 spiro atoms. The molecule has 0 atom stereocenters. The molecule has 0 fully saturated rings. The van der Waals surface area contributed by atoms with Crippen molar-refractivity contribution in [1.82, 2.24) is 0 Å². The van der Waals surface area contributed by atoms with Gasteiger partial charge in [-0.05, 0) is 12.1 Å². The number of alkyl halides is 2. The Balaban J connectivity index is 2.69. The second-order valence-corrected chi connectivity index (χ2v) is 4.96. The van der Waals surface area contributed by atoms with E-state index in [0.717, 1.165) is 4.70 Å². The topological polar surface area (TPSA) is 0 Å². The second kappa shape index (κ2) is 3.68. The van der Waals surface area contributed by atoms with Crippen molar-refractivity contribution in [3.8, 4) is 0 Å². The van der Waals surface area contributed by atoms with Crippen LogP contribution in [0.3, 0.4) is 0 Å². The van der Waals surface area contributed by atoms with Crippen LogP contribution in [-0.2, 0) is 0 Å². The highest BCUT2D eigenvalue weighted by Crippen LogP contribution is 2.39. The summed E-state index contributed by atoms with van der Waals surface area (Å²) in [5, 5.41) is 1.11. The highest BCUT2D eigenvalue weighted by atomic mass is 35.5. The van der Waals surface area contributed by atoms with Crippen molar-refractivity contribution in [2.45, 2.75) is 10.6 Å². The monoisotopic (exact) mass is 250 g/mol. The van der Waals surface area contributed by atoms with E-state index in [2.05, 4.69) is 12.6 Å². The van der Waals surface area contributed by atoms with Crippen LogP contribution in [-0.4, -0.2) is 0 Å². The molecule has 14 heavy (non-hydrogen) atoms. The van der Waals surface area contributed by atoms with E-state index in [4.69, 9.17) is 11.6 Å². The van der Waals surface area contributed by atoms with E-state index in [0.29, 0.717) is 14.6 Å². The van der Waals surface area contributed by atoms with Gasteiger partial charge in [0.25, 0.3) is 6.43 Å². The van der Waals surface area contributed by atoms with Crippen LogP contribution >= 0.6 is 35.6 Å². The number of benzene rings is 1. The predicted octanol–water partition coefficient (Wildman–Crippen LogP) is 4.78. The molecule has 0 aliphatic heterocycles. The zero-order valence-corrected chi connectivity index (χ0v) is 9.27. The largest absolute Gasteiger partial charge is 0.263 e. The Morgan fingerprint density at radius 2 is 2.07 bits per heavy atom. The Hall–Kier alpha value is -0.320. The molecule has 0 aliphatic carbocycles. The summed E-state index contributed by atoms with van der Waals surface area (Å²) >= 11 is 11.4. The first-order chi connectivity index (χ1) is 6.59. The van der Waals surface area contributed by atoms with Crippen LogP contribution in [0.4, 0.5) is 8.78 Å². The van der Waals surface area contributed by atoms with Crippen molar-refractivity contribution in [3.63, 3.8) is 0 Å². The predicted molar refractivity (Wildman–Crippen MR) is 59.0 cm³/mol. The van der Waals surface area contributed by atoms with Crippen molar-refractivity contribution >= 4 is 45.7 Å². The molecule has 74 valence electrons. The van der Waals surface area contributed by atoms with Gasteiger partial charge in [0.05, 0.1) is 9.23 Å². The van der Waals surface area contributed by atoms with Gasteiger partial charge >= 0.3 is 0 Å². The standard InChI is InChI=1S/C9H5ClF2S2/c10-7-5-3-4(8(11)12)1-2-6(5)14-9(7)13/h1-3,8,13H. The second-order valence-electron chi connectivity index (χ2n) is 2.78. The number of thiol groups is 1. The van der Waals surface area contributed by atoms with Crippen LogP contribution < -0.4 is 0 Å². The van der Waals surface area contributed by atoms with Gasteiger partial charge < -0.3 is 0 Å². The van der Waals surface area contributed by atoms with Gasteiger partial charge in [0, 0.05) is 15.6 Å². The average Bonchev–Trinajstić information content (AvgIpc) is 2.43. The van der Waals surface area contributed by atoms with Crippen molar-refractivity contribution in [1.29, 1.82) is 0 Å². The molecular weight excluding hydrogens is 246 g/mol. The Labute approximate surface area is 93.9 Å². The summed E-state index contributed by atoms with van der Waals surface area (Å²) in [5.41, 5.74) is -0.00877. The number of halogens is 3. The van der Waals surface area contributed by atoms with Crippen LogP contribution in [0.5, 0.6) is 0 Å². The summed E-state index contributed by atoms with van der Waals surface area (Å²) in [6.07, 6.45) is -2.46. The quantitative estimate of drug-likeness (QED) is 0.692. The zero-order chi connectivity index (χ0) is 10.3. The van der Waals surface area contributed by atoms with E-state index < -0.39 is 6.43 Å². The fraction of sp³-hybridized carbons (Fsp3) is 0.111. The van der Waals surface area contributed by atoms with Gasteiger partial charge in [0.1, 0.15) is 0 Å². The third-order valence-corrected chi connectivity index (χ3v) is 3.99. The summed E-state index contributed by atoms with van der Waals surface area (Å²) in [4.78, 5) is 0. The summed E-state index contributed by atoms with van der Waals surface area (Å²) < 4.78 is 26.3. The van der Waals surface area contributed by atoms with E-state index in [1.807, 2.05) is 0 Å². The summed E-state index contributed by atoms with van der Waals surface area (Å²) in [5.74, 6) is 0. The highest BCUT2D eigenvalue weighted by Gasteiger charge is 2.12. The number of rotatable bonds is 1. The van der Waals surface area contributed by atoms with Crippen LogP contribution in [0.25, 0.3) is 10.1 Å². The lowest BCUT2D eigenvalue weighted by atomic mass is 10.2. The third-order valence-electron chi connectivity index (χ3n) is 1.89. The fourth-order valence-corrected chi connectivity index (χ4v) is 2.77. The van der Waals surface area contributed by atoms with Gasteiger partial charge in [-0.25, -0.2) is 8.78 Å². The molecule has 5 heteroatoms. The summed E-state index contributed by atoms with van der Waals surface area (Å²) in [6, 6.07) is 4.47. The lowest BCUT2D eigenvalue weighted by molar-refractivity contribution is 0.151. The Kier molecular flexibility index (Phi) is 2.68. The van der Waals surface area contributed by atoms with Crippen molar-refractivity contribution in [3.05, 3.63) is 28.8 Å². The van der Waals surface area contributed by atoms with E-state index in [-0.39, 0.29) is 5.56 Å². The lowest BCUT2D eigenvalue weighted by Crippen LogP contribution is -1.81. The maximum Gasteiger partial charge on any atom is 0.263 e. The van der Waals surface area contributed by atoms with Crippen molar-refractivity contribution in [2.75, 3.05) is 0 Å². The molecule has 0 saturated carbocycles. The van der Waals surface area contributed by atoms with Gasteiger partial charge in [-0.15, -0.1) is 24.0 Å². The summed E-state index contributed by atoms with van der Waals surface area (Å²) in [7, 11) is 0. The maximum absolute atomic E-state index is 12.4. The third kappa shape index (κ3) is 1.62. The minimum absolute atomic E-state index is 0.00877. The van der Waals surface area contributed by atoms with Crippen LogP contribution in [0, 0.1) is 0 Å².